The molecule has 1 saturated heterocycles. The third-order valence-corrected chi connectivity index (χ3v) is 3.69. The van der Waals surface area contributed by atoms with Crippen LogP contribution >= 0.6 is 22.6 Å². The molecule has 1 heterocycles. The minimum absolute atomic E-state index is 0.245. The highest BCUT2D eigenvalue weighted by Crippen LogP contribution is 2.22. The first-order valence-corrected chi connectivity index (χ1v) is 6.74. The molecule has 0 aliphatic carbocycles. The quantitative estimate of drug-likeness (QED) is 0.487. The zero-order valence-corrected chi connectivity index (χ0v) is 10.5. The van der Waals surface area contributed by atoms with Crippen molar-refractivity contribution < 1.29 is 5.02 Å². The fourth-order valence-corrected chi connectivity index (χ4v) is 2.42. The van der Waals surface area contributed by atoms with Crippen LogP contribution in [0.15, 0.2) is 0 Å². The first kappa shape index (κ1) is 11.8. The zero-order valence-electron chi connectivity index (χ0n) is 8.38. The first-order valence-electron chi connectivity index (χ1n) is 5.22. The lowest BCUT2D eigenvalue weighted by Gasteiger charge is -2.32. The molecule has 0 bridgehead atoms. The Morgan fingerprint density at radius 2 is 2.08 bits per heavy atom. The Balaban J connectivity index is 2.15. The molecule has 0 radical (unpaired) electrons. The lowest BCUT2D eigenvalue weighted by Crippen LogP contribution is -2.42. The van der Waals surface area contributed by atoms with Gasteiger partial charge in [0.1, 0.15) is 0 Å². The van der Waals surface area contributed by atoms with E-state index in [4.69, 9.17) is 0 Å². The number of nitrogens with zero attached hydrogens (tertiary/aromatic N) is 1. The van der Waals surface area contributed by atoms with Crippen LogP contribution in [0.2, 0.25) is 6.82 Å². The molecular weight excluding hydrogens is 276 g/mol. The standard InChI is InChI=1S/C9H19BINO/c1-10(13)12-7-4-9(5-8-12)3-2-6-11/h9,13H,2-8H2,1H3. The van der Waals surface area contributed by atoms with Crippen LogP contribution in [-0.2, 0) is 0 Å². The summed E-state index contributed by atoms with van der Waals surface area (Å²) in [7, 11) is -0.245. The third kappa shape index (κ3) is 4.17. The first-order chi connectivity index (χ1) is 6.24. The minimum atomic E-state index is -0.245. The molecule has 0 amide bonds. The van der Waals surface area contributed by atoms with E-state index >= 15 is 0 Å². The Morgan fingerprint density at radius 1 is 1.46 bits per heavy atom. The van der Waals surface area contributed by atoms with Gasteiger partial charge in [-0.05, 0) is 55.9 Å². The Labute approximate surface area is 95.3 Å². The van der Waals surface area contributed by atoms with Crippen LogP contribution in [0.3, 0.4) is 0 Å². The smallest absolute Gasteiger partial charge is 0.376 e. The van der Waals surface area contributed by atoms with Gasteiger partial charge in [0, 0.05) is 0 Å². The van der Waals surface area contributed by atoms with Gasteiger partial charge in [-0.2, -0.15) is 0 Å². The van der Waals surface area contributed by atoms with Crippen molar-refractivity contribution in [3.8, 4) is 0 Å². The molecule has 1 aliphatic heterocycles. The minimum Gasteiger partial charge on any atom is -0.437 e. The fraction of sp³-hybridized carbons (Fsp3) is 1.00. The summed E-state index contributed by atoms with van der Waals surface area (Å²) in [6, 6.07) is 0. The Hall–Kier alpha value is 0.715. The third-order valence-electron chi connectivity index (χ3n) is 2.92. The molecule has 76 valence electrons. The van der Waals surface area contributed by atoms with Gasteiger partial charge in [0.25, 0.3) is 0 Å². The predicted octanol–water partition coefficient (Wildman–Crippen LogP) is 2.02. The van der Waals surface area contributed by atoms with Crippen molar-refractivity contribution in [2.45, 2.75) is 32.5 Å². The van der Waals surface area contributed by atoms with Crippen molar-refractivity contribution in [2.24, 2.45) is 5.92 Å². The van der Waals surface area contributed by atoms with E-state index in [0.29, 0.717) is 0 Å². The van der Waals surface area contributed by atoms with Gasteiger partial charge < -0.3 is 9.83 Å². The molecule has 0 aromatic rings. The van der Waals surface area contributed by atoms with Crippen molar-refractivity contribution in [1.82, 2.24) is 4.81 Å². The summed E-state index contributed by atoms with van der Waals surface area (Å²) in [5.74, 6) is 0.921. The van der Waals surface area contributed by atoms with Crippen LogP contribution in [0.5, 0.6) is 0 Å². The van der Waals surface area contributed by atoms with Crippen LogP contribution in [-0.4, -0.2) is 34.4 Å². The topological polar surface area (TPSA) is 23.5 Å². The summed E-state index contributed by atoms with van der Waals surface area (Å²) in [6.45, 7) is 4.04. The van der Waals surface area contributed by atoms with Gasteiger partial charge in [-0.3, -0.25) is 0 Å². The second-order valence-electron chi connectivity index (χ2n) is 3.94. The molecule has 13 heavy (non-hydrogen) atoms. The lowest BCUT2D eigenvalue weighted by molar-refractivity contribution is 0.242. The fourth-order valence-electron chi connectivity index (χ4n) is 1.98. The summed E-state index contributed by atoms with van der Waals surface area (Å²) in [4.78, 5) is 2.17. The molecule has 2 nitrogen and oxygen atoms in total. The van der Waals surface area contributed by atoms with Crippen LogP contribution < -0.4 is 0 Å². The van der Waals surface area contributed by atoms with Gasteiger partial charge in [0.15, 0.2) is 0 Å². The summed E-state index contributed by atoms with van der Waals surface area (Å²) < 4.78 is 1.29. The van der Waals surface area contributed by atoms with Crippen LogP contribution in [0.1, 0.15) is 25.7 Å². The molecule has 0 aromatic carbocycles. The number of rotatable bonds is 4. The normalized spacial score (nSPS) is 20.5. The molecule has 1 N–H and O–H groups in total. The predicted molar refractivity (Wildman–Crippen MR) is 66.3 cm³/mol. The molecule has 0 unspecified atom stereocenters. The summed E-state index contributed by atoms with van der Waals surface area (Å²) in [5.41, 5.74) is 0. The molecule has 4 heteroatoms. The van der Waals surface area contributed by atoms with E-state index in [-0.39, 0.29) is 7.05 Å². The highest BCUT2D eigenvalue weighted by atomic mass is 127. The van der Waals surface area contributed by atoms with Gasteiger partial charge in [-0.25, -0.2) is 0 Å². The van der Waals surface area contributed by atoms with Crippen molar-refractivity contribution in [2.75, 3.05) is 17.5 Å². The summed E-state index contributed by atoms with van der Waals surface area (Å²) in [5, 5.41) is 9.36. The molecule has 1 fully saturated rings. The molecular formula is C9H19BINO. The maximum atomic E-state index is 9.36. The SMILES string of the molecule is CB(O)N1CCC(CCCI)CC1. The summed E-state index contributed by atoms with van der Waals surface area (Å²) >= 11 is 2.45. The van der Waals surface area contributed by atoms with E-state index in [0.717, 1.165) is 19.0 Å². The largest absolute Gasteiger partial charge is 0.437 e. The number of piperidine rings is 1. The van der Waals surface area contributed by atoms with Gasteiger partial charge >= 0.3 is 7.05 Å². The average molecular weight is 295 g/mol. The number of hydrogen-bond acceptors (Lipinski definition) is 2. The van der Waals surface area contributed by atoms with Gasteiger partial charge in [-0.15, -0.1) is 0 Å². The Kier molecular flexibility index (Phi) is 5.66. The number of halogens is 1. The number of alkyl halides is 1. The molecule has 0 atom stereocenters. The second kappa shape index (κ2) is 6.25. The monoisotopic (exact) mass is 295 g/mol. The van der Waals surface area contributed by atoms with E-state index in [9.17, 15) is 5.02 Å². The molecule has 0 spiro atoms. The van der Waals surface area contributed by atoms with E-state index in [2.05, 4.69) is 27.4 Å². The van der Waals surface area contributed by atoms with Gasteiger partial charge in [0.2, 0.25) is 0 Å². The highest BCUT2D eigenvalue weighted by Gasteiger charge is 2.23. The second-order valence-corrected chi connectivity index (χ2v) is 5.02. The molecule has 0 saturated carbocycles. The maximum Gasteiger partial charge on any atom is 0.376 e. The lowest BCUT2D eigenvalue weighted by atomic mass is 9.80. The number of hydrogen-bond donors (Lipinski definition) is 1. The summed E-state index contributed by atoms with van der Waals surface area (Å²) in [6.07, 6.45) is 5.31. The molecule has 0 aromatic heterocycles. The van der Waals surface area contributed by atoms with E-state index in [1.54, 1.807) is 0 Å². The average Bonchev–Trinajstić information content (AvgIpc) is 2.15. The van der Waals surface area contributed by atoms with Crippen molar-refractivity contribution in [3.05, 3.63) is 0 Å². The maximum absolute atomic E-state index is 9.36. The van der Waals surface area contributed by atoms with E-state index in [1.807, 2.05) is 6.82 Å². The van der Waals surface area contributed by atoms with E-state index < -0.39 is 0 Å². The molecule has 1 aliphatic rings. The van der Waals surface area contributed by atoms with Crippen molar-refractivity contribution >= 4 is 29.6 Å². The van der Waals surface area contributed by atoms with Crippen LogP contribution in [0, 0.1) is 5.92 Å². The van der Waals surface area contributed by atoms with Gasteiger partial charge in [0.05, 0.1) is 0 Å². The van der Waals surface area contributed by atoms with Crippen molar-refractivity contribution in [3.63, 3.8) is 0 Å². The van der Waals surface area contributed by atoms with Crippen molar-refractivity contribution in [1.29, 1.82) is 0 Å². The highest BCUT2D eigenvalue weighted by molar-refractivity contribution is 14.1. The Bertz CT molecular complexity index is 138. The van der Waals surface area contributed by atoms with Crippen LogP contribution in [0.25, 0.3) is 0 Å². The van der Waals surface area contributed by atoms with Gasteiger partial charge in [-0.1, -0.05) is 22.6 Å². The molecule has 1 rings (SSSR count). The van der Waals surface area contributed by atoms with Crippen LogP contribution in [0.4, 0.5) is 0 Å². The zero-order chi connectivity index (χ0) is 9.68. The Morgan fingerprint density at radius 3 is 2.54 bits per heavy atom. The van der Waals surface area contributed by atoms with E-state index in [1.165, 1.54) is 30.1 Å².